The van der Waals surface area contributed by atoms with Crippen molar-refractivity contribution in [3.05, 3.63) is 83.4 Å². The smallest absolute Gasteiger partial charge is 0.261 e. The lowest BCUT2D eigenvalue weighted by Crippen LogP contribution is -2.36. The van der Waals surface area contributed by atoms with Crippen LogP contribution in [0.4, 0.5) is 5.69 Å². The molecule has 0 radical (unpaired) electrons. The topological polar surface area (TPSA) is 131 Å². The van der Waals surface area contributed by atoms with Crippen LogP contribution in [0.25, 0.3) is 0 Å². The fourth-order valence-corrected chi connectivity index (χ4v) is 5.20. The molecular formula is C25H29N3O6S2. The van der Waals surface area contributed by atoms with Crippen molar-refractivity contribution in [3.8, 4) is 5.75 Å². The third-order valence-corrected chi connectivity index (χ3v) is 8.21. The zero-order chi connectivity index (χ0) is 26.3. The van der Waals surface area contributed by atoms with Gasteiger partial charge in [0.05, 0.1) is 9.79 Å². The second-order valence-corrected chi connectivity index (χ2v) is 11.7. The largest absolute Gasteiger partial charge is 0.484 e. The lowest BCUT2D eigenvalue weighted by molar-refractivity contribution is -0.123. The molecule has 192 valence electrons. The number of hydrogen-bond donors (Lipinski definition) is 3. The number of benzene rings is 3. The van der Waals surface area contributed by atoms with Gasteiger partial charge in [0, 0.05) is 18.8 Å². The highest BCUT2D eigenvalue weighted by Crippen LogP contribution is 2.21. The van der Waals surface area contributed by atoms with Gasteiger partial charge in [-0.15, -0.1) is 0 Å². The van der Waals surface area contributed by atoms with Crippen LogP contribution in [-0.4, -0.2) is 42.4 Å². The molecule has 0 saturated carbocycles. The lowest BCUT2D eigenvalue weighted by atomic mass is 10.1. The molecule has 36 heavy (non-hydrogen) atoms. The summed E-state index contributed by atoms with van der Waals surface area (Å²) in [6.45, 7) is 5.50. The van der Waals surface area contributed by atoms with E-state index in [1.807, 2.05) is 26.8 Å². The minimum absolute atomic E-state index is 0.0159. The van der Waals surface area contributed by atoms with E-state index >= 15 is 0 Å². The zero-order valence-corrected chi connectivity index (χ0v) is 21.9. The maximum atomic E-state index is 12.6. The van der Waals surface area contributed by atoms with Gasteiger partial charge in [-0.25, -0.2) is 21.6 Å². The Morgan fingerprint density at radius 3 is 2.00 bits per heavy atom. The summed E-state index contributed by atoms with van der Waals surface area (Å²) in [6, 6.07) is 17.4. The Morgan fingerprint density at radius 1 is 0.750 bits per heavy atom. The number of sulfonamides is 2. The fourth-order valence-electron chi connectivity index (χ4n) is 3.12. The van der Waals surface area contributed by atoms with E-state index in [9.17, 15) is 21.6 Å². The number of ether oxygens (including phenoxy) is 1. The highest BCUT2D eigenvalue weighted by atomic mass is 32.2. The first kappa shape index (κ1) is 27.2. The van der Waals surface area contributed by atoms with Gasteiger partial charge >= 0.3 is 0 Å². The zero-order valence-electron chi connectivity index (χ0n) is 20.2. The molecule has 0 saturated heterocycles. The van der Waals surface area contributed by atoms with Crippen LogP contribution in [0.2, 0.25) is 0 Å². The van der Waals surface area contributed by atoms with Crippen LogP contribution in [-0.2, 0) is 24.8 Å². The molecular weight excluding hydrogens is 502 g/mol. The molecule has 0 bridgehead atoms. The number of carbonyl (C=O) groups is 1. The van der Waals surface area contributed by atoms with Gasteiger partial charge in [0.1, 0.15) is 5.75 Å². The minimum Gasteiger partial charge on any atom is -0.484 e. The van der Waals surface area contributed by atoms with E-state index in [2.05, 4.69) is 14.8 Å². The number of aryl methyl sites for hydroxylation is 3. The van der Waals surface area contributed by atoms with Crippen molar-refractivity contribution < 1.29 is 26.4 Å². The van der Waals surface area contributed by atoms with Crippen LogP contribution >= 0.6 is 0 Å². The van der Waals surface area contributed by atoms with Gasteiger partial charge < -0.3 is 10.1 Å². The molecule has 0 aliphatic carbocycles. The predicted molar refractivity (Wildman–Crippen MR) is 138 cm³/mol. The lowest BCUT2D eigenvalue weighted by Gasteiger charge is -2.11. The summed E-state index contributed by atoms with van der Waals surface area (Å²) in [5, 5.41) is 2.56. The molecule has 0 unspecified atom stereocenters. The van der Waals surface area contributed by atoms with Gasteiger partial charge in [-0.1, -0.05) is 23.8 Å². The van der Waals surface area contributed by atoms with Gasteiger partial charge in [0.15, 0.2) is 6.61 Å². The predicted octanol–water partition coefficient (Wildman–Crippen LogP) is 2.89. The highest BCUT2D eigenvalue weighted by molar-refractivity contribution is 7.92. The standard InChI is InChI=1S/C25H29N3O6S2/c1-18-4-10-23(11-5-18)35(30,31)27-15-14-26-25(29)17-34-22-8-12-24(13-9-22)36(32,33)28-21-7-6-19(2)20(3)16-21/h4-13,16,27-28H,14-15,17H2,1-3H3,(H,26,29). The van der Waals surface area contributed by atoms with Crippen molar-refractivity contribution in [2.24, 2.45) is 0 Å². The summed E-state index contributed by atoms with van der Waals surface area (Å²) >= 11 is 0. The molecule has 9 nitrogen and oxygen atoms in total. The Morgan fingerprint density at radius 2 is 1.36 bits per heavy atom. The average Bonchev–Trinajstić information content (AvgIpc) is 2.83. The maximum Gasteiger partial charge on any atom is 0.261 e. The van der Waals surface area contributed by atoms with Crippen LogP contribution in [0.1, 0.15) is 16.7 Å². The van der Waals surface area contributed by atoms with E-state index in [0.717, 1.165) is 16.7 Å². The fraction of sp³-hybridized carbons (Fsp3) is 0.240. The maximum absolute atomic E-state index is 12.6. The van der Waals surface area contributed by atoms with E-state index in [1.165, 1.54) is 36.4 Å². The van der Waals surface area contributed by atoms with Crippen molar-refractivity contribution in [2.45, 2.75) is 30.6 Å². The molecule has 0 fully saturated rings. The van der Waals surface area contributed by atoms with Gasteiger partial charge in [-0.3, -0.25) is 9.52 Å². The summed E-state index contributed by atoms with van der Waals surface area (Å²) in [7, 11) is -7.44. The number of nitrogens with one attached hydrogen (secondary N) is 3. The van der Waals surface area contributed by atoms with Crippen molar-refractivity contribution >= 4 is 31.6 Å². The molecule has 3 aromatic rings. The summed E-state index contributed by atoms with van der Waals surface area (Å²) in [5.41, 5.74) is 3.45. The first-order valence-corrected chi connectivity index (χ1v) is 14.1. The van der Waals surface area contributed by atoms with Crippen molar-refractivity contribution in [2.75, 3.05) is 24.4 Å². The molecule has 0 aliphatic rings. The SMILES string of the molecule is Cc1ccc(S(=O)(=O)NCCNC(=O)COc2ccc(S(=O)(=O)Nc3ccc(C)c(C)c3)cc2)cc1. The Labute approximate surface area is 212 Å². The molecule has 3 N–H and O–H groups in total. The Bertz CT molecular complexity index is 1420. The van der Waals surface area contributed by atoms with Crippen molar-refractivity contribution in [1.29, 1.82) is 0 Å². The van der Waals surface area contributed by atoms with Crippen LogP contribution in [0, 0.1) is 20.8 Å². The number of anilines is 1. The first-order valence-electron chi connectivity index (χ1n) is 11.1. The molecule has 0 aromatic heterocycles. The second-order valence-electron chi connectivity index (χ2n) is 8.23. The molecule has 11 heteroatoms. The van der Waals surface area contributed by atoms with Gasteiger partial charge in [-0.05, 0) is 80.4 Å². The highest BCUT2D eigenvalue weighted by Gasteiger charge is 2.15. The van der Waals surface area contributed by atoms with Crippen molar-refractivity contribution in [3.63, 3.8) is 0 Å². The second kappa shape index (κ2) is 11.5. The van der Waals surface area contributed by atoms with E-state index in [1.54, 1.807) is 24.3 Å². The van der Waals surface area contributed by atoms with Gasteiger partial charge in [-0.2, -0.15) is 0 Å². The van der Waals surface area contributed by atoms with Crippen LogP contribution < -0.4 is 19.5 Å². The summed E-state index contributed by atoms with van der Waals surface area (Å²) < 4.78 is 60.1. The summed E-state index contributed by atoms with van der Waals surface area (Å²) in [5.74, 6) is -0.131. The number of carbonyl (C=O) groups excluding carboxylic acids is 1. The quantitative estimate of drug-likeness (QED) is 0.326. The molecule has 0 atom stereocenters. The Hall–Kier alpha value is -3.41. The monoisotopic (exact) mass is 531 g/mol. The third kappa shape index (κ3) is 7.54. The van der Waals surface area contributed by atoms with E-state index in [0.29, 0.717) is 11.4 Å². The normalized spacial score (nSPS) is 11.6. The summed E-state index contributed by atoms with van der Waals surface area (Å²) in [4.78, 5) is 12.2. The molecule has 0 heterocycles. The number of amides is 1. The van der Waals surface area contributed by atoms with E-state index in [4.69, 9.17) is 4.74 Å². The Kier molecular flexibility index (Phi) is 8.72. The molecule has 3 rings (SSSR count). The number of hydrogen-bond acceptors (Lipinski definition) is 6. The molecule has 0 spiro atoms. The molecule has 0 aliphatic heterocycles. The van der Waals surface area contributed by atoms with Crippen LogP contribution in [0.15, 0.2) is 76.5 Å². The number of rotatable bonds is 11. The Balaban J connectivity index is 1.44. The van der Waals surface area contributed by atoms with Crippen molar-refractivity contribution in [1.82, 2.24) is 10.0 Å². The first-order chi connectivity index (χ1) is 17.0. The van der Waals surface area contributed by atoms with E-state index in [-0.39, 0.29) is 29.5 Å². The molecule has 3 aromatic carbocycles. The van der Waals surface area contributed by atoms with Gasteiger partial charge in [0.25, 0.3) is 15.9 Å². The van der Waals surface area contributed by atoms with Crippen LogP contribution in [0.5, 0.6) is 5.75 Å². The van der Waals surface area contributed by atoms with E-state index < -0.39 is 26.0 Å². The van der Waals surface area contributed by atoms with Crippen LogP contribution in [0.3, 0.4) is 0 Å². The minimum atomic E-state index is -3.78. The average molecular weight is 532 g/mol. The molecule has 1 amide bonds. The summed E-state index contributed by atoms with van der Waals surface area (Å²) in [6.07, 6.45) is 0. The van der Waals surface area contributed by atoms with Gasteiger partial charge in [0.2, 0.25) is 10.0 Å². The third-order valence-electron chi connectivity index (χ3n) is 5.33.